The second-order valence-corrected chi connectivity index (χ2v) is 4.10. The molecule has 3 nitrogen and oxygen atoms in total. The van der Waals surface area contributed by atoms with E-state index in [0.29, 0.717) is 6.54 Å². The van der Waals surface area contributed by atoms with Crippen molar-refractivity contribution in [1.82, 2.24) is 10.6 Å². The molecule has 2 rings (SSSR count). The minimum atomic E-state index is 0. The lowest BCUT2D eigenvalue weighted by Crippen LogP contribution is -2.38. The number of rotatable bonds is 5. The SMILES string of the molecule is CCNCCNC(=O)C1Cc2ccccc21.Cl. The average Bonchev–Trinajstić information content (AvgIpc) is 2.26. The Balaban J connectivity index is 0.00000144. The Morgan fingerprint density at radius 2 is 2.12 bits per heavy atom. The van der Waals surface area contributed by atoms with Crippen molar-refractivity contribution in [2.45, 2.75) is 19.3 Å². The lowest BCUT2D eigenvalue weighted by molar-refractivity contribution is -0.123. The van der Waals surface area contributed by atoms with Gasteiger partial charge in [0, 0.05) is 13.1 Å². The number of benzene rings is 1. The predicted octanol–water partition coefficient (Wildman–Crippen LogP) is 1.47. The zero-order chi connectivity index (χ0) is 11.4. The summed E-state index contributed by atoms with van der Waals surface area (Å²) < 4.78 is 0. The van der Waals surface area contributed by atoms with Gasteiger partial charge in [-0.15, -0.1) is 12.4 Å². The van der Waals surface area contributed by atoms with Crippen molar-refractivity contribution in [2.75, 3.05) is 19.6 Å². The largest absolute Gasteiger partial charge is 0.354 e. The minimum absolute atomic E-state index is 0. The number of carbonyl (C=O) groups is 1. The summed E-state index contributed by atoms with van der Waals surface area (Å²) in [4.78, 5) is 11.8. The number of amides is 1. The van der Waals surface area contributed by atoms with Crippen molar-refractivity contribution < 1.29 is 4.79 Å². The van der Waals surface area contributed by atoms with Crippen LogP contribution in [-0.2, 0) is 11.2 Å². The van der Waals surface area contributed by atoms with Crippen molar-refractivity contribution in [3.8, 4) is 0 Å². The molecule has 0 heterocycles. The van der Waals surface area contributed by atoms with Gasteiger partial charge in [0.1, 0.15) is 0 Å². The molecular weight excluding hydrogens is 236 g/mol. The van der Waals surface area contributed by atoms with Gasteiger partial charge in [-0.3, -0.25) is 4.79 Å². The van der Waals surface area contributed by atoms with Crippen molar-refractivity contribution in [2.24, 2.45) is 0 Å². The standard InChI is InChI=1S/C13H18N2O.ClH/c1-2-14-7-8-15-13(16)12-9-10-5-3-4-6-11(10)12;/h3-6,12,14H,2,7-9H2,1H3,(H,15,16);1H. The van der Waals surface area contributed by atoms with Crippen LogP contribution >= 0.6 is 12.4 Å². The molecule has 0 spiro atoms. The van der Waals surface area contributed by atoms with Gasteiger partial charge in [-0.05, 0) is 24.1 Å². The number of hydrogen-bond donors (Lipinski definition) is 2. The molecule has 0 aromatic heterocycles. The third-order valence-electron chi connectivity index (χ3n) is 3.02. The highest BCUT2D eigenvalue weighted by Gasteiger charge is 2.31. The van der Waals surface area contributed by atoms with Crippen LogP contribution in [0.15, 0.2) is 24.3 Å². The number of halogens is 1. The Labute approximate surface area is 108 Å². The molecule has 0 aliphatic heterocycles. The molecule has 1 atom stereocenters. The van der Waals surface area contributed by atoms with Gasteiger partial charge in [0.15, 0.2) is 0 Å². The van der Waals surface area contributed by atoms with Gasteiger partial charge in [-0.2, -0.15) is 0 Å². The Morgan fingerprint density at radius 3 is 2.82 bits per heavy atom. The fourth-order valence-electron chi connectivity index (χ4n) is 2.07. The quantitative estimate of drug-likeness (QED) is 0.782. The highest BCUT2D eigenvalue weighted by Crippen LogP contribution is 2.34. The Bertz CT molecular complexity index is 381. The summed E-state index contributed by atoms with van der Waals surface area (Å²) >= 11 is 0. The van der Waals surface area contributed by atoms with E-state index >= 15 is 0 Å². The molecule has 1 aromatic rings. The van der Waals surface area contributed by atoms with Gasteiger partial charge < -0.3 is 10.6 Å². The van der Waals surface area contributed by atoms with Crippen molar-refractivity contribution in [1.29, 1.82) is 0 Å². The van der Waals surface area contributed by atoms with E-state index < -0.39 is 0 Å². The molecule has 94 valence electrons. The summed E-state index contributed by atoms with van der Waals surface area (Å²) in [6, 6.07) is 8.17. The van der Waals surface area contributed by atoms with E-state index in [4.69, 9.17) is 0 Å². The highest BCUT2D eigenvalue weighted by atomic mass is 35.5. The van der Waals surface area contributed by atoms with Crippen LogP contribution in [0.1, 0.15) is 24.0 Å². The average molecular weight is 255 g/mol. The van der Waals surface area contributed by atoms with Gasteiger partial charge >= 0.3 is 0 Å². The first kappa shape index (κ1) is 14.0. The Morgan fingerprint density at radius 1 is 1.35 bits per heavy atom. The maximum Gasteiger partial charge on any atom is 0.227 e. The molecule has 1 aliphatic carbocycles. The smallest absolute Gasteiger partial charge is 0.227 e. The first-order valence-corrected chi connectivity index (χ1v) is 5.89. The zero-order valence-corrected chi connectivity index (χ0v) is 10.8. The van der Waals surface area contributed by atoms with Crippen LogP contribution in [0.5, 0.6) is 0 Å². The lowest BCUT2D eigenvalue weighted by atomic mass is 9.77. The van der Waals surface area contributed by atoms with Gasteiger partial charge in [0.25, 0.3) is 0 Å². The number of likely N-dealkylation sites (N-methyl/N-ethyl adjacent to an activating group) is 1. The molecule has 1 aliphatic rings. The summed E-state index contributed by atoms with van der Waals surface area (Å²) in [6.07, 6.45) is 0.892. The highest BCUT2D eigenvalue weighted by molar-refractivity contribution is 5.86. The topological polar surface area (TPSA) is 41.1 Å². The maximum atomic E-state index is 11.8. The van der Waals surface area contributed by atoms with Crippen LogP contribution < -0.4 is 10.6 Å². The molecule has 0 radical (unpaired) electrons. The van der Waals surface area contributed by atoms with Gasteiger partial charge in [-0.25, -0.2) is 0 Å². The van der Waals surface area contributed by atoms with Gasteiger partial charge in [-0.1, -0.05) is 31.2 Å². The second-order valence-electron chi connectivity index (χ2n) is 4.10. The molecule has 0 saturated heterocycles. The molecule has 1 unspecified atom stereocenters. The molecule has 0 bridgehead atoms. The van der Waals surface area contributed by atoms with E-state index in [1.54, 1.807) is 0 Å². The van der Waals surface area contributed by atoms with Crippen molar-refractivity contribution in [3.63, 3.8) is 0 Å². The lowest BCUT2D eigenvalue weighted by Gasteiger charge is -2.28. The molecule has 1 aromatic carbocycles. The molecule has 4 heteroatoms. The van der Waals surface area contributed by atoms with Crippen LogP contribution in [0.2, 0.25) is 0 Å². The van der Waals surface area contributed by atoms with E-state index in [1.807, 2.05) is 18.2 Å². The number of nitrogens with one attached hydrogen (secondary N) is 2. The third-order valence-corrected chi connectivity index (χ3v) is 3.02. The Kier molecular flexibility index (Phi) is 5.45. The van der Waals surface area contributed by atoms with Gasteiger partial charge in [0.2, 0.25) is 5.91 Å². The fraction of sp³-hybridized carbons (Fsp3) is 0.462. The summed E-state index contributed by atoms with van der Waals surface area (Å²) in [5.41, 5.74) is 2.51. The van der Waals surface area contributed by atoms with Crippen molar-refractivity contribution >= 4 is 18.3 Å². The van der Waals surface area contributed by atoms with E-state index in [-0.39, 0.29) is 24.2 Å². The molecule has 2 N–H and O–H groups in total. The fourth-order valence-corrected chi connectivity index (χ4v) is 2.07. The summed E-state index contributed by atoms with van der Waals surface area (Å²) in [6.45, 7) is 4.56. The zero-order valence-electron chi connectivity index (χ0n) is 10.0. The summed E-state index contributed by atoms with van der Waals surface area (Å²) in [5, 5.41) is 6.14. The summed E-state index contributed by atoms with van der Waals surface area (Å²) in [7, 11) is 0. The monoisotopic (exact) mass is 254 g/mol. The number of fused-ring (bicyclic) bond motifs is 1. The normalized spacial score (nSPS) is 16.4. The van der Waals surface area contributed by atoms with E-state index in [0.717, 1.165) is 19.5 Å². The first-order valence-electron chi connectivity index (χ1n) is 5.89. The molecule has 1 amide bonds. The molecular formula is C13H19ClN2O. The van der Waals surface area contributed by atoms with E-state index in [1.165, 1.54) is 11.1 Å². The van der Waals surface area contributed by atoms with Crippen LogP contribution in [-0.4, -0.2) is 25.5 Å². The van der Waals surface area contributed by atoms with E-state index in [9.17, 15) is 4.79 Å². The van der Waals surface area contributed by atoms with Gasteiger partial charge in [0.05, 0.1) is 5.92 Å². The Hall–Kier alpha value is -1.06. The molecule has 0 fully saturated rings. The van der Waals surface area contributed by atoms with Crippen LogP contribution in [0, 0.1) is 0 Å². The molecule has 0 saturated carbocycles. The third kappa shape index (κ3) is 3.20. The van der Waals surface area contributed by atoms with E-state index in [2.05, 4.69) is 23.6 Å². The number of carbonyl (C=O) groups excluding carboxylic acids is 1. The van der Waals surface area contributed by atoms with Crippen LogP contribution in [0.4, 0.5) is 0 Å². The molecule has 17 heavy (non-hydrogen) atoms. The second kappa shape index (κ2) is 6.62. The predicted molar refractivity (Wildman–Crippen MR) is 71.7 cm³/mol. The van der Waals surface area contributed by atoms with Crippen LogP contribution in [0.3, 0.4) is 0 Å². The minimum Gasteiger partial charge on any atom is -0.354 e. The van der Waals surface area contributed by atoms with Crippen LogP contribution in [0.25, 0.3) is 0 Å². The maximum absolute atomic E-state index is 11.8. The number of hydrogen-bond acceptors (Lipinski definition) is 2. The summed E-state index contributed by atoms with van der Waals surface area (Å²) in [5.74, 6) is 0.245. The van der Waals surface area contributed by atoms with Crippen molar-refractivity contribution in [3.05, 3.63) is 35.4 Å². The first-order chi connectivity index (χ1) is 7.83.